The quantitative estimate of drug-likeness (QED) is 0.691. The van der Waals surface area contributed by atoms with Gasteiger partial charge in [0.05, 0.1) is 6.10 Å². The lowest BCUT2D eigenvalue weighted by molar-refractivity contribution is 0.191. The monoisotopic (exact) mass is 232 g/mol. The molecule has 4 N–H and O–H groups in total. The number of aliphatic hydroxyl groups is 1. The number of aromatic nitrogens is 2. The van der Waals surface area contributed by atoms with Gasteiger partial charge in [0, 0.05) is 31.7 Å². The maximum Gasteiger partial charge on any atom is 0.202 e. The Morgan fingerprint density at radius 2 is 2.12 bits per heavy atom. The molecule has 17 heavy (non-hydrogen) atoms. The van der Waals surface area contributed by atoms with E-state index in [1.54, 1.807) is 18.3 Å². The van der Waals surface area contributed by atoms with E-state index in [2.05, 4.69) is 10.3 Å². The van der Waals surface area contributed by atoms with Gasteiger partial charge in [-0.05, 0) is 17.7 Å². The van der Waals surface area contributed by atoms with Crippen LogP contribution in [0.25, 0.3) is 0 Å². The summed E-state index contributed by atoms with van der Waals surface area (Å²) in [4.78, 5) is 4.12. The molecule has 1 aromatic carbocycles. The Balaban J connectivity index is 1.95. The van der Waals surface area contributed by atoms with E-state index in [0.717, 1.165) is 11.5 Å². The number of nitrogens with one attached hydrogen (secondary N) is 1. The second-order valence-corrected chi connectivity index (χ2v) is 3.93. The predicted octanol–water partition coefficient (Wildman–Crippen LogP) is 1.15. The first-order valence-electron chi connectivity index (χ1n) is 5.41. The third-order valence-corrected chi connectivity index (χ3v) is 2.60. The summed E-state index contributed by atoms with van der Waals surface area (Å²) in [5.74, 6) is 0.736. The maximum atomic E-state index is 9.96. The third kappa shape index (κ3) is 2.76. The number of hydrogen-bond donors (Lipinski definition) is 3. The molecule has 1 atom stereocenters. The zero-order valence-electron chi connectivity index (χ0n) is 9.67. The molecule has 0 aliphatic carbocycles. The average Bonchev–Trinajstić information content (AvgIpc) is 2.73. The number of nitrogens with zero attached hydrogens (tertiary/aromatic N) is 2. The fourth-order valence-electron chi connectivity index (χ4n) is 1.56. The minimum absolute atomic E-state index is 0.411. The van der Waals surface area contributed by atoms with Crippen LogP contribution in [0, 0.1) is 0 Å². The Morgan fingerprint density at radius 1 is 1.41 bits per heavy atom. The van der Waals surface area contributed by atoms with Crippen molar-refractivity contribution < 1.29 is 5.11 Å². The van der Waals surface area contributed by atoms with Crippen LogP contribution in [0.15, 0.2) is 36.7 Å². The van der Waals surface area contributed by atoms with Gasteiger partial charge in [-0.3, -0.25) is 0 Å². The number of aliphatic hydroxyl groups excluding tert-OH is 1. The molecule has 2 rings (SSSR count). The Morgan fingerprint density at radius 3 is 2.71 bits per heavy atom. The van der Waals surface area contributed by atoms with E-state index in [1.165, 1.54) is 0 Å². The number of anilines is 2. The molecule has 1 heterocycles. The number of nitrogens with two attached hydrogens (primary N) is 1. The minimum Gasteiger partial charge on any atom is -0.399 e. The summed E-state index contributed by atoms with van der Waals surface area (Å²) in [5.41, 5.74) is 7.11. The van der Waals surface area contributed by atoms with Crippen LogP contribution in [0.1, 0.15) is 11.7 Å². The Bertz CT molecular complexity index is 478. The van der Waals surface area contributed by atoms with Crippen molar-refractivity contribution in [1.29, 1.82) is 0 Å². The van der Waals surface area contributed by atoms with E-state index in [9.17, 15) is 5.11 Å². The SMILES string of the molecule is Cn1ccnc1NCC(O)c1ccc(N)cc1. The van der Waals surface area contributed by atoms with Crippen molar-refractivity contribution in [2.45, 2.75) is 6.10 Å². The van der Waals surface area contributed by atoms with Crippen LogP contribution in [0.4, 0.5) is 11.6 Å². The zero-order valence-corrected chi connectivity index (χ0v) is 9.67. The van der Waals surface area contributed by atoms with Gasteiger partial charge in [-0.1, -0.05) is 12.1 Å². The van der Waals surface area contributed by atoms with Gasteiger partial charge in [0.2, 0.25) is 5.95 Å². The van der Waals surface area contributed by atoms with Crippen molar-refractivity contribution >= 4 is 11.6 Å². The highest BCUT2D eigenvalue weighted by molar-refractivity contribution is 5.40. The van der Waals surface area contributed by atoms with Crippen LogP contribution >= 0.6 is 0 Å². The van der Waals surface area contributed by atoms with Crippen molar-refractivity contribution in [3.05, 3.63) is 42.2 Å². The van der Waals surface area contributed by atoms with Crippen LogP contribution in [-0.4, -0.2) is 21.2 Å². The van der Waals surface area contributed by atoms with Crippen LogP contribution in [0.5, 0.6) is 0 Å². The molecule has 0 aliphatic rings. The van der Waals surface area contributed by atoms with Gasteiger partial charge in [-0.2, -0.15) is 0 Å². The van der Waals surface area contributed by atoms with Gasteiger partial charge < -0.3 is 20.7 Å². The van der Waals surface area contributed by atoms with E-state index in [1.807, 2.05) is 29.9 Å². The number of nitrogen functional groups attached to an aromatic ring is 1. The summed E-state index contributed by atoms with van der Waals surface area (Å²) < 4.78 is 1.86. The average molecular weight is 232 g/mol. The van der Waals surface area contributed by atoms with Crippen molar-refractivity contribution in [2.75, 3.05) is 17.6 Å². The topological polar surface area (TPSA) is 76.1 Å². The molecule has 0 saturated heterocycles. The number of imidazole rings is 1. The minimum atomic E-state index is -0.577. The van der Waals surface area contributed by atoms with Crippen molar-refractivity contribution in [3.63, 3.8) is 0 Å². The Labute approximate surface area is 99.9 Å². The number of hydrogen-bond acceptors (Lipinski definition) is 4. The lowest BCUT2D eigenvalue weighted by atomic mass is 10.1. The third-order valence-electron chi connectivity index (χ3n) is 2.60. The molecule has 0 aliphatic heterocycles. The fraction of sp³-hybridized carbons (Fsp3) is 0.250. The van der Waals surface area contributed by atoms with Gasteiger partial charge in [0.15, 0.2) is 0 Å². The van der Waals surface area contributed by atoms with Crippen LogP contribution < -0.4 is 11.1 Å². The maximum absolute atomic E-state index is 9.96. The predicted molar refractivity (Wildman–Crippen MR) is 67.5 cm³/mol. The molecule has 0 radical (unpaired) electrons. The second kappa shape index (κ2) is 4.88. The largest absolute Gasteiger partial charge is 0.399 e. The van der Waals surface area contributed by atoms with Crippen molar-refractivity contribution in [1.82, 2.24) is 9.55 Å². The van der Waals surface area contributed by atoms with Gasteiger partial charge in [0.25, 0.3) is 0 Å². The van der Waals surface area contributed by atoms with E-state index >= 15 is 0 Å². The van der Waals surface area contributed by atoms with Crippen LogP contribution in [0.2, 0.25) is 0 Å². The van der Waals surface area contributed by atoms with Crippen molar-refractivity contribution in [2.24, 2.45) is 7.05 Å². The molecule has 1 aromatic heterocycles. The normalized spacial score (nSPS) is 12.4. The number of benzene rings is 1. The van der Waals surface area contributed by atoms with Crippen molar-refractivity contribution in [3.8, 4) is 0 Å². The smallest absolute Gasteiger partial charge is 0.202 e. The lowest BCUT2D eigenvalue weighted by Crippen LogP contribution is -2.14. The molecular weight excluding hydrogens is 216 g/mol. The summed E-state index contributed by atoms with van der Waals surface area (Å²) in [6.45, 7) is 0.411. The van der Waals surface area contributed by atoms with Gasteiger partial charge in [-0.25, -0.2) is 4.98 Å². The molecule has 1 unspecified atom stereocenters. The van der Waals surface area contributed by atoms with Gasteiger partial charge in [0.1, 0.15) is 0 Å². The van der Waals surface area contributed by atoms with E-state index < -0.39 is 6.10 Å². The summed E-state index contributed by atoms with van der Waals surface area (Å²) in [5, 5.41) is 13.0. The zero-order chi connectivity index (χ0) is 12.3. The highest BCUT2D eigenvalue weighted by Gasteiger charge is 2.08. The molecule has 5 heteroatoms. The first-order chi connectivity index (χ1) is 8.16. The fourth-order valence-corrected chi connectivity index (χ4v) is 1.56. The van der Waals surface area contributed by atoms with E-state index in [0.29, 0.717) is 12.2 Å². The molecule has 5 nitrogen and oxygen atoms in total. The highest BCUT2D eigenvalue weighted by atomic mass is 16.3. The molecule has 2 aromatic rings. The molecule has 90 valence electrons. The molecule has 0 amide bonds. The lowest BCUT2D eigenvalue weighted by Gasteiger charge is -2.12. The summed E-state index contributed by atoms with van der Waals surface area (Å²) in [6, 6.07) is 7.19. The van der Waals surface area contributed by atoms with Gasteiger partial charge >= 0.3 is 0 Å². The first-order valence-corrected chi connectivity index (χ1v) is 5.41. The molecule has 0 fully saturated rings. The Kier molecular flexibility index (Phi) is 3.30. The summed E-state index contributed by atoms with van der Waals surface area (Å²) in [7, 11) is 1.89. The second-order valence-electron chi connectivity index (χ2n) is 3.93. The highest BCUT2D eigenvalue weighted by Crippen LogP contribution is 2.15. The van der Waals surface area contributed by atoms with E-state index in [-0.39, 0.29) is 0 Å². The molecule has 0 spiro atoms. The van der Waals surface area contributed by atoms with Crippen LogP contribution in [0.3, 0.4) is 0 Å². The van der Waals surface area contributed by atoms with Gasteiger partial charge in [-0.15, -0.1) is 0 Å². The molecular formula is C12H16N4O. The first kappa shape index (κ1) is 11.5. The summed E-state index contributed by atoms with van der Waals surface area (Å²) >= 11 is 0. The molecule has 0 bridgehead atoms. The molecule has 0 saturated carbocycles. The van der Waals surface area contributed by atoms with E-state index in [4.69, 9.17) is 5.73 Å². The standard InChI is InChI=1S/C12H16N4O/c1-16-7-6-14-12(16)15-8-11(17)9-2-4-10(13)5-3-9/h2-7,11,17H,8,13H2,1H3,(H,14,15). The Hall–Kier alpha value is -2.01. The summed E-state index contributed by atoms with van der Waals surface area (Å²) in [6.07, 6.45) is 2.97. The van der Waals surface area contributed by atoms with Crippen LogP contribution in [-0.2, 0) is 7.05 Å². The number of rotatable bonds is 4. The number of aryl methyl sites for hydroxylation is 1.